The Balaban J connectivity index is 0.00000363. The molecule has 32 heavy (non-hydrogen) atoms. The highest BCUT2D eigenvalue weighted by atomic mass is 127. The third-order valence-electron chi connectivity index (χ3n) is 5.93. The lowest BCUT2D eigenvalue weighted by atomic mass is 10.0. The van der Waals surface area contributed by atoms with Crippen molar-refractivity contribution in [2.75, 3.05) is 39.3 Å². The molecule has 1 aromatic heterocycles. The van der Waals surface area contributed by atoms with Crippen molar-refractivity contribution in [2.45, 2.75) is 45.7 Å². The van der Waals surface area contributed by atoms with E-state index in [4.69, 9.17) is 4.99 Å². The second-order valence-electron chi connectivity index (χ2n) is 8.03. The highest BCUT2D eigenvalue weighted by Gasteiger charge is 2.25. The average molecular weight is 552 g/mol. The predicted molar refractivity (Wildman–Crippen MR) is 144 cm³/mol. The Morgan fingerprint density at radius 3 is 2.38 bits per heavy atom. The lowest BCUT2D eigenvalue weighted by Gasteiger charge is -2.40. The summed E-state index contributed by atoms with van der Waals surface area (Å²) in [6.45, 7) is 10.9. The maximum absolute atomic E-state index is 11.8. The summed E-state index contributed by atoms with van der Waals surface area (Å²) in [7, 11) is 0. The number of hydrogen-bond donors (Lipinski definition) is 1. The highest BCUT2D eigenvalue weighted by molar-refractivity contribution is 14.0. The van der Waals surface area contributed by atoms with Gasteiger partial charge < -0.3 is 14.8 Å². The zero-order valence-corrected chi connectivity index (χ0v) is 21.8. The molecule has 0 aliphatic carbocycles. The quantitative estimate of drug-likeness (QED) is 0.222. The fourth-order valence-electron chi connectivity index (χ4n) is 4.28. The molecule has 1 atom stereocenters. The zero-order chi connectivity index (χ0) is 21.9. The van der Waals surface area contributed by atoms with Crippen LogP contribution in [0.2, 0.25) is 0 Å². The van der Waals surface area contributed by atoms with Crippen LogP contribution < -0.4 is 10.9 Å². The van der Waals surface area contributed by atoms with Crippen LogP contribution in [-0.2, 0) is 6.54 Å². The number of rotatable bonds is 9. The van der Waals surface area contributed by atoms with Gasteiger partial charge in [-0.05, 0) is 37.8 Å². The maximum atomic E-state index is 11.8. The number of aliphatic imine (C=N–C) groups is 1. The fraction of sp³-hybridized carbons (Fsp3) is 0.520. The maximum Gasteiger partial charge on any atom is 0.250 e. The summed E-state index contributed by atoms with van der Waals surface area (Å²) >= 11 is 0. The van der Waals surface area contributed by atoms with Crippen LogP contribution in [0.3, 0.4) is 0 Å². The number of piperazine rings is 1. The Labute approximate surface area is 209 Å². The van der Waals surface area contributed by atoms with Crippen LogP contribution in [0.4, 0.5) is 0 Å². The molecule has 1 unspecified atom stereocenters. The molecular formula is C25H38IN5O. The van der Waals surface area contributed by atoms with Crippen molar-refractivity contribution in [2.24, 2.45) is 4.99 Å². The van der Waals surface area contributed by atoms with Crippen molar-refractivity contribution < 1.29 is 0 Å². The normalized spacial score (nSPS) is 15.8. The van der Waals surface area contributed by atoms with Crippen LogP contribution in [0, 0.1) is 0 Å². The first-order chi connectivity index (χ1) is 15.2. The smallest absolute Gasteiger partial charge is 0.250 e. The first-order valence-electron chi connectivity index (χ1n) is 11.7. The standard InChI is InChI=1S/C25H37N5O.HI/c1-3-23(22-12-6-5-7-13-22)28-18-20-30(21-19-28)25(26-4-2)27-15-9-11-17-29-16-10-8-14-24(29)31;/h5-8,10,12-14,16,23H,3-4,9,11,15,17-21H2,1-2H3,(H,26,27);1H. The molecule has 1 aliphatic rings. The number of unbranched alkanes of at least 4 members (excludes halogenated alkanes) is 1. The number of pyridine rings is 1. The van der Waals surface area contributed by atoms with Gasteiger partial charge in [0.05, 0.1) is 0 Å². The number of nitrogens with zero attached hydrogens (tertiary/aromatic N) is 4. The Hall–Kier alpha value is -1.87. The minimum absolute atomic E-state index is 0. The molecule has 2 heterocycles. The van der Waals surface area contributed by atoms with Gasteiger partial charge >= 0.3 is 0 Å². The monoisotopic (exact) mass is 551 g/mol. The molecule has 0 radical (unpaired) electrons. The van der Waals surface area contributed by atoms with Crippen molar-refractivity contribution in [1.82, 2.24) is 19.7 Å². The topological polar surface area (TPSA) is 52.9 Å². The summed E-state index contributed by atoms with van der Waals surface area (Å²) in [5, 5.41) is 3.46. The van der Waals surface area contributed by atoms with Gasteiger partial charge in [-0.1, -0.05) is 43.3 Å². The molecular weight excluding hydrogens is 513 g/mol. The van der Waals surface area contributed by atoms with Crippen LogP contribution in [0.15, 0.2) is 64.5 Å². The zero-order valence-electron chi connectivity index (χ0n) is 19.4. The fourth-order valence-corrected chi connectivity index (χ4v) is 4.28. The summed E-state index contributed by atoms with van der Waals surface area (Å²) in [6.07, 6.45) is 4.91. The van der Waals surface area contributed by atoms with E-state index in [2.05, 4.69) is 59.3 Å². The second-order valence-corrected chi connectivity index (χ2v) is 8.03. The Kier molecular flexibility index (Phi) is 11.8. The lowest BCUT2D eigenvalue weighted by Crippen LogP contribution is -2.53. The van der Waals surface area contributed by atoms with Gasteiger partial charge in [-0.2, -0.15) is 0 Å². The molecule has 1 N–H and O–H groups in total. The lowest BCUT2D eigenvalue weighted by molar-refractivity contribution is 0.127. The molecule has 0 amide bonds. The van der Waals surface area contributed by atoms with Gasteiger partial charge in [-0.25, -0.2) is 0 Å². The second kappa shape index (κ2) is 14.3. The Bertz CT molecular complexity index is 862. The van der Waals surface area contributed by atoms with Crippen LogP contribution >= 0.6 is 24.0 Å². The number of benzene rings is 1. The van der Waals surface area contributed by atoms with E-state index in [1.807, 2.05) is 12.3 Å². The van der Waals surface area contributed by atoms with Crippen LogP contribution in [0.5, 0.6) is 0 Å². The molecule has 0 saturated carbocycles. The molecule has 1 aliphatic heterocycles. The van der Waals surface area contributed by atoms with Crippen molar-refractivity contribution in [1.29, 1.82) is 0 Å². The van der Waals surface area contributed by atoms with Gasteiger partial charge in [-0.3, -0.25) is 14.7 Å². The van der Waals surface area contributed by atoms with E-state index in [1.54, 1.807) is 16.7 Å². The van der Waals surface area contributed by atoms with E-state index in [0.29, 0.717) is 6.04 Å². The summed E-state index contributed by atoms with van der Waals surface area (Å²) in [5.41, 5.74) is 1.48. The van der Waals surface area contributed by atoms with Crippen molar-refractivity contribution in [3.05, 3.63) is 70.6 Å². The third-order valence-corrected chi connectivity index (χ3v) is 5.93. The number of guanidine groups is 1. The van der Waals surface area contributed by atoms with Crippen LogP contribution in [0.25, 0.3) is 0 Å². The van der Waals surface area contributed by atoms with E-state index < -0.39 is 0 Å². The first kappa shape index (κ1) is 26.4. The van der Waals surface area contributed by atoms with Crippen molar-refractivity contribution in [3.63, 3.8) is 0 Å². The van der Waals surface area contributed by atoms with E-state index in [1.165, 1.54) is 5.56 Å². The molecule has 0 bridgehead atoms. The summed E-state index contributed by atoms with van der Waals surface area (Å²) in [4.78, 5) is 21.6. The average Bonchev–Trinajstić information content (AvgIpc) is 2.81. The summed E-state index contributed by atoms with van der Waals surface area (Å²) in [6, 6.07) is 16.6. The summed E-state index contributed by atoms with van der Waals surface area (Å²) < 4.78 is 1.77. The van der Waals surface area contributed by atoms with E-state index in [9.17, 15) is 4.79 Å². The van der Waals surface area contributed by atoms with E-state index >= 15 is 0 Å². The van der Waals surface area contributed by atoms with Crippen LogP contribution in [0.1, 0.15) is 44.7 Å². The van der Waals surface area contributed by atoms with Gasteiger partial charge in [0, 0.05) is 64.1 Å². The molecule has 2 aromatic rings. The minimum atomic E-state index is 0. The largest absolute Gasteiger partial charge is 0.357 e. The van der Waals surface area contributed by atoms with Gasteiger partial charge in [0.1, 0.15) is 0 Å². The van der Waals surface area contributed by atoms with Crippen LogP contribution in [-0.4, -0.2) is 59.6 Å². The molecule has 0 spiro atoms. The van der Waals surface area contributed by atoms with Crippen molar-refractivity contribution >= 4 is 29.9 Å². The molecule has 3 rings (SSSR count). The minimum Gasteiger partial charge on any atom is -0.357 e. The van der Waals surface area contributed by atoms with Gasteiger partial charge in [0.15, 0.2) is 5.96 Å². The summed E-state index contributed by atoms with van der Waals surface area (Å²) in [5.74, 6) is 1.02. The van der Waals surface area contributed by atoms with Gasteiger partial charge in [-0.15, -0.1) is 24.0 Å². The Morgan fingerprint density at radius 2 is 1.72 bits per heavy atom. The number of aromatic nitrogens is 1. The van der Waals surface area contributed by atoms with Gasteiger partial charge in [0.2, 0.25) is 5.56 Å². The Morgan fingerprint density at radius 1 is 1.00 bits per heavy atom. The van der Waals surface area contributed by atoms with E-state index in [0.717, 1.165) is 71.0 Å². The molecule has 176 valence electrons. The SMILES string of the molecule is CCNC(=NCCCCn1ccccc1=O)N1CCN(C(CC)c2ccccc2)CC1.I. The molecule has 7 heteroatoms. The molecule has 6 nitrogen and oxygen atoms in total. The van der Waals surface area contributed by atoms with Crippen molar-refractivity contribution in [3.8, 4) is 0 Å². The first-order valence-corrected chi connectivity index (χ1v) is 11.7. The predicted octanol–water partition coefficient (Wildman–Crippen LogP) is 3.98. The van der Waals surface area contributed by atoms with E-state index in [-0.39, 0.29) is 29.5 Å². The molecule has 1 aromatic carbocycles. The number of halogens is 1. The molecule has 1 fully saturated rings. The highest BCUT2D eigenvalue weighted by Crippen LogP contribution is 2.25. The number of aryl methyl sites for hydroxylation is 1. The third kappa shape index (κ3) is 7.62. The number of nitrogens with one attached hydrogen (secondary N) is 1. The molecule has 1 saturated heterocycles. The van der Waals surface area contributed by atoms with Gasteiger partial charge in [0.25, 0.3) is 0 Å². The number of hydrogen-bond acceptors (Lipinski definition) is 3.